The minimum absolute atomic E-state index is 0.0766. The number of nitrogens with zero attached hydrogens (tertiary/aromatic N) is 2. The predicted molar refractivity (Wildman–Crippen MR) is 139 cm³/mol. The molecule has 2 atom stereocenters. The Labute approximate surface area is 209 Å². The van der Waals surface area contributed by atoms with Crippen LogP contribution in [0.4, 0.5) is 0 Å². The molecule has 1 saturated carbocycles. The minimum Gasteiger partial charge on any atom is -0.385 e. The molecule has 7 heteroatoms. The van der Waals surface area contributed by atoms with Gasteiger partial charge in [0.25, 0.3) is 0 Å². The van der Waals surface area contributed by atoms with Crippen molar-refractivity contribution in [1.82, 2.24) is 20.1 Å². The topological polar surface area (TPSA) is 75.6 Å². The van der Waals surface area contributed by atoms with Gasteiger partial charge < -0.3 is 24.8 Å². The number of nitrogens with one attached hydrogen (secondary N) is 2. The van der Waals surface area contributed by atoms with Crippen molar-refractivity contribution in [3.8, 4) is 0 Å². The molecule has 7 nitrogen and oxygen atoms in total. The molecule has 1 aliphatic heterocycles. The second-order valence-electron chi connectivity index (χ2n) is 10.7. The van der Waals surface area contributed by atoms with Gasteiger partial charge in [-0.15, -0.1) is 0 Å². The fourth-order valence-electron chi connectivity index (χ4n) is 5.16. The van der Waals surface area contributed by atoms with Crippen LogP contribution < -0.4 is 10.6 Å². The monoisotopic (exact) mass is 482 g/mol. The average molecular weight is 483 g/mol. The number of aryl methyl sites for hydroxylation is 1. The highest BCUT2D eigenvalue weighted by atomic mass is 16.5. The van der Waals surface area contributed by atoms with Gasteiger partial charge in [0.1, 0.15) is 0 Å². The van der Waals surface area contributed by atoms with Crippen LogP contribution in [0.15, 0.2) is 30.5 Å². The minimum atomic E-state index is -0.153. The first-order valence-electron chi connectivity index (χ1n) is 13.3. The van der Waals surface area contributed by atoms with Crippen molar-refractivity contribution in [2.24, 2.45) is 17.8 Å². The summed E-state index contributed by atoms with van der Waals surface area (Å²) in [6, 6.07) is 8.78. The molecule has 1 aromatic heterocycles. The first kappa shape index (κ1) is 25.7. The molecule has 1 aliphatic carbocycles. The van der Waals surface area contributed by atoms with Gasteiger partial charge in [-0.2, -0.15) is 0 Å². The van der Waals surface area contributed by atoms with Gasteiger partial charge in [-0.25, -0.2) is 0 Å². The largest absolute Gasteiger partial charge is 0.385 e. The highest BCUT2D eigenvalue weighted by molar-refractivity contribution is 5.86. The molecule has 35 heavy (non-hydrogen) atoms. The van der Waals surface area contributed by atoms with E-state index in [-0.39, 0.29) is 23.7 Å². The number of fused-ring (bicyclic) bond motifs is 1. The zero-order chi connectivity index (χ0) is 24.8. The molecule has 0 radical (unpaired) electrons. The van der Waals surface area contributed by atoms with Crippen LogP contribution in [-0.4, -0.2) is 60.7 Å². The summed E-state index contributed by atoms with van der Waals surface area (Å²) in [7, 11) is 1.73. The van der Waals surface area contributed by atoms with Gasteiger partial charge in [-0.1, -0.05) is 32.0 Å². The van der Waals surface area contributed by atoms with Crippen molar-refractivity contribution in [3.05, 3.63) is 36.0 Å². The maximum Gasteiger partial charge on any atom is 0.227 e. The summed E-state index contributed by atoms with van der Waals surface area (Å²) in [6.45, 7) is 8.57. The number of hydrogen-bond acceptors (Lipinski definition) is 4. The van der Waals surface area contributed by atoms with Crippen molar-refractivity contribution in [1.29, 1.82) is 0 Å². The molecule has 2 fully saturated rings. The number of methoxy groups -OCH3 is 1. The summed E-state index contributed by atoms with van der Waals surface area (Å²) < 4.78 is 7.53. The fraction of sp³-hybridized carbons (Fsp3) is 0.643. The third-order valence-corrected chi connectivity index (χ3v) is 7.32. The number of ether oxygens (including phenoxy) is 1. The molecule has 2 heterocycles. The van der Waals surface area contributed by atoms with E-state index in [1.165, 1.54) is 16.5 Å². The van der Waals surface area contributed by atoms with E-state index in [9.17, 15) is 9.59 Å². The van der Waals surface area contributed by atoms with E-state index < -0.39 is 0 Å². The van der Waals surface area contributed by atoms with Gasteiger partial charge in [-0.3, -0.25) is 9.59 Å². The Hall–Kier alpha value is -2.38. The zero-order valence-electron chi connectivity index (χ0n) is 21.6. The molecule has 192 valence electrons. The molecule has 0 spiro atoms. The van der Waals surface area contributed by atoms with Crippen LogP contribution in [0.2, 0.25) is 0 Å². The molecule has 2 aromatic rings. The maximum atomic E-state index is 13.7. The van der Waals surface area contributed by atoms with Crippen molar-refractivity contribution in [3.63, 3.8) is 0 Å². The summed E-state index contributed by atoms with van der Waals surface area (Å²) in [5, 5.41) is 7.65. The van der Waals surface area contributed by atoms with E-state index in [1.807, 2.05) is 0 Å². The number of carbonyl (C=O) groups excluding carboxylic acids is 2. The number of amides is 2. The Morgan fingerprint density at radius 2 is 1.97 bits per heavy atom. The standard InChI is InChI=1S/C28H42N4O3/c1-20(2)11-12-30-27(33)21-15-22(17-29-16-21)28(34)32(24-9-10-24)19-23-18-31(13-6-14-35-3)26-8-5-4-7-25(23)26/h4-5,7-8,18,20-22,24,29H,6,9-17,19H2,1-3H3,(H,30,33)/t21-,22-/m0/s1. The summed E-state index contributed by atoms with van der Waals surface area (Å²) >= 11 is 0. The number of para-hydroxylation sites is 1. The first-order chi connectivity index (χ1) is 17.0. The van der Waals surface area contributed by atoms with Crippen LogP contribution in [0.25, 0.3) is 10.9 Å². The molecular formula is C28H42N4O3. The maximum absolute atomic E-state index is 13.7. The Balaban J connectivity index is 1.44. The highest BCUT2D eigenvalue weighted by Crippen LogP contribution is 2.33. The zero-order valence-corrected chi connectivity index (χ0v) is 21.6. The van der Waals surface area contributed by atoms with Gasteiger partial charge in [0.2, 0.25) is 11.8 Å². The van der Waals surface area contributed by atoms with Gasteiger partial charge in [0.05, 0.1) is 11.8 Å². The third-order valence-electron chi connectivity index (χ3n) is 7.32. The van der Waals surface area contributed by atoms with E-state index in [4.69, 9.17) is 4.74 Å². The number of hydrogen-bond donors (Lipinski definition) is 2. The van der Waals surface area contributed by atoms with Crippen LogP contribution in [-0.2, 0) is 27.4 Å². The second kappa shape index (κ2) is 12.0. The fourth-order valence-corrected chi connectivity index (χ4v) is 5.16. The Morgan fingerprint density at radius 1 is 1.20 bits per heavy atom. The SMILES string of the molecule is COCCCn1cc(CN(C(=O)[C@@H]2CNC[C@@H](C(=O)NCCC(C)C)C2)C2CC2)c2ccccc21. The Morgan fingerprint density at radius 3 is 2.71 bits per heavy atom. The molecule has 0 bridgehead atoms. The van der Waals surface area contributed by atoms with Gasteiger partial charge >= 0.3 is 0 Å². The molecule has 4 rings (SSSR count). The lowest BCUT2D eigenvalue weighted by molar-refractivity contribution is -0.138. The van der Waals surface area contributed by atoms with E-state index in [0.717, 1.165) is 38.8 Å². The molecule has 1 saturated heterocycles. The summed E-state index contributed by atoms with van der Waals surface area (Å²) in [4.78, 5) is 28.6. The van der Waals surface area contributed by atoms with Crippen LogP contribution in [0.1, 0.15) is 51.5 Å². The third kappa shape index (κ3) is 6.64. The molecule has 2 aliphatic rings. The molecule has 2 N–H and O–H groups in total. The lowest BCUT2D eigenvalue weighted by Crippen LogP contribution is -2.49. The highest BCUT2D eigenvalue weighted by Gasteiger charge is 2.39. The lowest BCUT2D eigenvalue weighted by atomic mass is 9.88. The lowest BCUT2D eigenvalue weighted by Gasteiger charge is -2.33. The number of benzene rings is 1. The summed E-state index contributed by atoms with van der Waals surface area (Å²) in [5.74, 6) is 0.532. The predicted octanol–water partition coefficient (Wildman–Crippen LogP) is 3.56. The Kier molecular flexibility index (Phi) is 8.84. The first-order valence-corrected chi connectivity index (χ1v) is 13.3. The molecule has 2 amide bonds. The number of aromatic nitrogens is 1. The molecule has 1 aromatic carbocycles. The van der Waals surface area contributed by atoms with Crippen LogP contribution >= 0.6 is 0 Å². The number of carbonyl (C=O) groups is 2. The van der Waals surface area contributed by atoms with E-state index in [1.54, 1.807) is 7.11 Å². The molecular weight excluding hydrogens is 440 g/mol. The number of piperidine rings is 1. The van der Waals surface area contributed by atoms with Crippen LogP contribution in [0.3, 0.4) is 0 Å². The van der Waals surface area contributed by atoms with Gasteiger partial charge in [0.15, 0.2) is 0 Å². The van der Waals surface area contributed by atoms with Crippen molar-refractivity contribution in [2.45, 2.75) is 65.1 Å². The summed E-state index contributed by atoms with van der Waals surface area (Å²) in [6.07, 6.45) is 6.90. The van der Waals surface area contributed by atoms with Crippen molar-refractivity contribution >= 4 is 22.7 Å². The quantitative estimate of drug-likeness (QED) is 0.454. The molecule has 0 unspecified atom stereocenters. The van der Waals surface area contributed by atoms with Gasteiger partial charge in [-0.05, 0) is 49.7 Å². The van der Waals surface area contributed by atoms with E-state index in [2.05, 4.69) is 64.4 Å². The summed E-state index contributed by atoms with van der Waals surface area (Å²) in [5.41, 5.74) is 2.41. The second-order valence-corrected chi connectivity index (χ2v) is 10.7. The van der Waals surface area contributed by atoms with E-state index >= 15 is 0 Å². The number of rotatable bonds is 12. The normalized spacial score (nSPS) is 20.3. The van der Waals surface area contributed by atoms with Crippen LogP contribution in [0.5, 0.6) is 0 Å². The van der Waals surface area contributed by atoms with Crippen molar-refractivity contribution < 1.29 is 14.3 Å². The van der Waals surface area contributed by atoms with Crippen LogP contribution in [0, 0.1) is 17.8 Å². The van der Waals surface area contributed by atoms with Crippen molar-refractivity contribution in [2.75, 3.05) is 33.4 Å². The smallest absolute Gasteiger partial charge is 0.227 e. The van der Waals surface area contributed by atoms with Gasteiger partial charge in [0, 0.05) is 69.6 Å². The van der Waals surface area contributed by atoms with E-state index in [0.29, 0.717) is 44.6 Å². The Bertz CT molecular complexity index is 997. The average Bonchev–Trinajstić information content (AvgIpc) is 3.65.